The molecule has 1 aromatic rings. The number of hydrogen-bond donors (Lipinski definition) is 1. The number of likely N-dealkylation sites (tertiary alicyclic amines) is 1. The van der Waals surface area contributed by atoms with Crippen LogP contribution in [0.25, 0.3) is 0 Å². The van der Waals surface area contributed by atoms with E-state index in [0.717, 1.165) is 57.9 Å². The Morgan fingerprint density at radius 3 is 3.00 bits per heavy atom. The Bertz CT molecular complexity index is 525. The molecule has 0 amide bonds. The molecule has 1 fully saturated rings. The van der Waals surface area contributed by atoms with Crippen molar-refractivity contribution in [2.24, 2.45) is 5.92 Å². The number of ether oxygens (including phenoxy) is 2. The van der Waals surface area contributed by atoms with Crippen LogP contribution in [0.15, 0.2) is 18.2 Å². The number of nitrogens with zero attached hydrogens (tertiary/aromatic N) is 1. The number of fused-ring (bicyclic) bond motifs is 1. The fraction of sp³-hybridized carbons (Fsp3) is 0.588. The van der Waals surface area contributed by atoms with Crippen LogP contribution in [0.5, 0.6) is 5.75 Å². The summed E-state index contributed by atoms with van der Waals surface area (Å²) < 4.78 is 10.6. The highest BCUT2D eigenvalue weighted by Gasteiger charge is 2.25. The second-order valence-corrected chi connectivity index (χ2v) is 6.04. The van der Waals surface area contributed by atoms with Gasteiger partial charge in [-0.05, 0) is 43.6 Å². The number of esters is 1. The molecule has 0 aliphatic carbocycles. The zero-order valence-corrected chi connectivity index (χ0v) is 13.1. The van der Waals surface area contributed by atoms with Crippen molar-refractivity contribution in [1.29, 1.82) is 0 Å². The molecular formula is C17H24N2O3. The van der Waals surface area contributed by atoms with E-state index in [-0.39, 0.29) is 11.9 Å². The highest BCUT2D eigenvalue weighted by Crippen LogP contribution is 2.24. The van der Waals surface area contributed by atoms with E-state index in [1.54, 1.807) is 0 Å². The molecule has 22 heavy (non-hydrogen) atoms. The molecule has 0 radical (unpaired) electrons. The van der Waals surface area contributed by atoms with Crippen LogP contribution in [0.4, 0.5) is 0 Å². The van der Waals surface area contributed by atoms with Crippen molar-refractivity contribution in [3.63, 3.8) is 0 Å². The van der Waals surface area contributed by atoms with Crippen molar-refractivity contribution < 1.29 is 14.3 Å². The molecule has 0 spiro atoms. The quantitative estimate of drug-likeness (QED) is 0.859. The fourth-order valence-electron chi connectivity index (χ4n) is 3.22. The van der Waals surface area contributed by atoms with Crippen LogP contribution in [-0.2, 0) is 22.6 Å². The van der Waals surface area contributed by atoms with E-state index in [1.807, 2.05) is 0 Å². The molecule has 2 heterocycles. The Labute approximate surface area is 131 Å². The minimum Gasteiger partial charge on any atom is -0.492 e. The summed E-state index contributed by atoms with van der Waals surface area (Å²) in [4.78, 5) is 14.0. The first-order valence-corrected chi connectivity index (χ1v) is 8.02. The Morgan fingerprint density at radius 2 is 2.23 bits per heavy atom. The van der Waals surface area contributed by atoms with E-state index >= 15 is 0 Å². The second-order valence-electron chi connectivity index (χ2n) is 6.04. The zero-order chi connectivity index (χ0) is 15.4. The molecule has 0 aromatic heterocycles. The van der Waals surface area contributed by atoms with Gasteiger partial charge in [0.1, 0.15) is 12.4 Å². The number of hydrogen-bond acceptors (Lipinski definition) is 5. The second kappa shape index (κ2) is 7.11. The summed E-state index contributed by atoms with van der Waals surface area (Å²) in [6, 6.07) is 6.47. The summed E-state index contributed by atoms with van der Waals surface area (Å²) in [5, 5.41) is 3.37. The maximum atomic E-state index is 11.6. The SMILES string of the molecule is COC(=O)C1CCN(Cc2ccc3c(c2)CNCCO3)CC1. The van der Waals surface area contributed by atoms with Gasteiger partial charge in [-0.2, -0.15) is 0 Å². The molecule has 3 rings (SSSR count). The Morgan fingerprint density at radius 1 is 1.41 bits per heavy atom. The Hall–Kier alpha value is -1.59. The zero-order valence-electron chi connectivity index (χ0n) is 13.1. The molecule has 5 nitrogen and oxygen atoms in total. The largest absolute Gasteiger partial charge is 0.492 e. The molecule has 1 N–H and O–H groups in total. The van der Waals surface area contributed by atoms with Gasteiger partial charge in [0.2, 0.25) is 0 Å². The number of piperidine rings is 1. The lowest BCUT2D eigenvalue weighted by atomic mass is 9.96. The van der Waals surface area contributed by atoms with Crippen LogP contribution in [0.1, 0.15) is 24.0 Å². The summed E-state index contributed by atoms with van der Waals surface area (Å²) in [5.41, 5.74) is 2.54. The highest BCUT2D eigenvalue weighted by molar-refractivity contribution is 5.72. The molecule has 120 valence electrons. The summed E-state index contributed by atoms with van der Waals surface area (Å²) in [5.74, 6) is 1.01. The van der Waals surface area contributed by atoms with Gasteiger partial charge in [0.25, 0.3) is 0 Å². The number of methoxy groups -OCH3 is 1. The number of carbonyl (C=O) groups excluding carboxylic acids is 1. The Kier molecular flexibility index (Phi) is 4.95. The van der Waals surface area contributed by atoms with E-state index in [4.69, 9.17) is 9.47 Å². The van der Waals surface area contributed by atoms with Gasteiger partial charge < -0.3 is 14.8 Å². The lowest BCUT2D eigenvalue weighted by Crippen LogP contribution is -2.36. The van der Waals surface area contributed by atoms with E-state index in [9.17, 15) is 4.79 Å². The van der Waals surface area contributed by atoms with Gasteiger partial charge in [-0.1, -0.05) is 6.07 Å². The highest BCUT2D eigenvalue weighted by atomic mass is 16.5. The predicted molar refractivity (Wildman–Crippen MR) is 83.7 cm³/mol. The molecule has 0 bridgehead atoms. The predicted octanol–water partition coefficient (Wildman–Crippen LogP) is 1.55. The normalized spacial score (nSPS) is 19.9. The minimum absolute atomic E-state index is 0.0621. The van der Waals surface area contributed by atoms with Gasteiger partial charge in [-0.25, -0.2) is 0 Å². The van der Waals surface area contributed by atoms with E-state index in [2.05, 4.69) is 28.4 Å². The first kappa shape index (κ1) is 15.3. The molecule has 0 atom stereocenters. The molecular weight excluding hydrogens is 280 g/mol. The van der Waals surface area contributed by atoms with Crippen LogP contribution in [0, 0.1) is 5.92 Å². The van der Waals surface area contributed by atoms with Gasteiger partial charge in [0.05, 0.1) is 13.0 Å². The first-order chi connectivity index (χ1) is 10.8. The maximum Gasteiger partial charge on any atom is 0.308 e. The van der Waals surface area contributed by atoms with Crippen LogP contribution in [0.2, 0.25) is 0 Å². The van der Waals surface area contributed by atoms with Crippen LogP contribution < -0.4 is 10.1 Å². The summed E-state index contributed by atoms with van der Waals surface area (Å²) in [6.45, 7) is 5.32. The third-order valence-electron chi connectivity index (χ3n) is 4.51. The average Bonchev–Trinajstić information content (AvgIpc) is 2.79. The summed E-state index contributed by atoms with van der Waals surface area (Å²) >= 11 is 0. The van der Waals surface area contributed by atoms with Crippen molar-refractivity contribution in [2.45, 2.75) is 25.9 Å². The topological polar surface area (TPSA) is 50.8 Å². The van der Waals surface area contributed by atoms with Gasteiger partial charge in [-0.3, -0.25) is 9.69 Å². The molecule has 2 aliphatic heterocycles. The van der Waals surface area contributed by atoms with Crippen molar-refractivity contribution >= 4 is 5.97 Å². The monoisotopic (exact) mass is 304 g/mol. The molecule has 0 saturated carbocycles. The summed E-state index contributed by atoms with van der Waals surface area (Å²) in [6.07, 6.45) is 1.78. The van der Waals surface area contributed by atoms with E-state index in [1.165, 1.54) is 18.2 Å². The maximum absolute atomic E-state index is 11.6. The fourth-order valence-corrected chi connectivity index (χ4v) is 3.22. The van der Waals surface area contributed by atoms with Crippen molar-refractivity contribution in [3.05, 3.63) is 29.3 Å². The van der Waals surface area contributed by atoms with Gasteiger partial charge in [0.15, 0.2) is 0 Å². The molecule has 1 saturated heterocycles. The first-order valence-electron chi connectivity index (χ1n) is 8.02. The van der Waals surface area contributed by atoms with E-state index < -0.39 is 0 Å². The third kappa shape index (κ3) is 3.59. The number of benzene rings is 1. The lowest BCUT2D eigenvalue weighted by Gasteiger charge is -2.30. The standard InChI is InChI=1S/C17H24N2O3/c1-21-17(20)14-4-7-19(8-5-14)12-13-2-3-16-15(10-13)11-18-6-9-22-16/h2-3,10,14,18H,4-9,11-12H2,1H3. The molecule has 2 aliphatic rings. The summed E-state index contributed by atoms with van der Waals surface area (Å²) in [7, 11) is 1.47. The van der Waals surface area contributed by atoms with Crippen LogP contribution >= 0.6 is 0 Å². The Balaban J connectivity index is 1.58. The van der Waals surface area contributed by atoms with Crippen LogP contribution in [-0.4, -0.2) is 44.2 Å². The van der Waals surface area contributed by atoms with Crippen molar-refractivity contribution in [1.82, 2.24) is 10.2 Å². The lowest BCUT2D eigenvalue weighted by molar-refractivity contribution is -0.147. The minimum atomic E-state index is -0.0621. The van der Waals surface area contributed by atoms with Gasteiger partial charge in [0, 0.05) is 25.2 Å². The number of carbonyl (C=O) groups is 1. The third-order valence-corrected chi connectivity index (χ3v) is 4.51. The van der Waals surface area contributed by atoms with Gasteiger partial charge in [-0.15, -0.1) is 0 Å². The smallest absolute Gasteiger partial charge is 0.308 e. The molecule has 1 aromatic carbocycles. The number of nitrogens with one attached hydrogen (secondary N) is 1. The van der Waals surface area contributed by atoms with Gasteiger partial charge >= 0.3 is 5.97 Å². The average molecular weight is 304 g/mol. The van der Waals surface area contributed by atoms with E-state index in [0.29, 0.717) is 0 Å². The number of rotatable bonds is 3. The van der Waals surface area contributed by atoms with Crippen molar-refractivity contribution in [3.8, 4) is 5.75 Å². The van der Waals surface area contributed by atoms with Crippen LogP contribution in [0.3, 0.4) is 0 Å². The van der Waals surface area contributed by atoms with Crippen molar-refractivity contribution in [2.75, 3.05) is 33.4 Å². The molecule has 0 unspecified atom stereocenters. The molecule has 5 heteroatoms.